The second-order valence-electron chi connectivity index (χ2n) is 10.6. The number of hydrogen-bond donors (Lipinski definition) is 2. The van der Waals surface area contributed by atoms with Gasteiger partial charge in [0.25, 0.3) is 5.69 Å². The van der Waals surface area contributed by atoms with Gasteiger partial charge in [0.15, 0.2) is 5.11 Å². The topological polar surface area (TPSA) is 123 Å². The van der Waals surface area contributed by atoms with E-state index in [9.17, 15) is 14.9 Å². The second kappa shape index (κ2) is 11.0. The van der Waals surface area contributed by atoms with Crippen molar-refractivity contribution >= 4 is 40.3 Å². The smallest absolute Gasteiger partial charge is 0.269 e. The predicted octanol–water partition coefficient (Wildman–Crippen LogP) is 6.42. The van der Waals surface area contributed by atoms with Crippen LogP contribution in [-0.2, 0) is 4.79 Å². The SMILES string of the molecule is COc1cc(N2C(=S)NC(c3ccccn3)C2c2ccc(-c3ccc([N+](=O)[O-])cc3)o2)ccc1NC(=O)C(C)(C)C. The van der Waals surface area contributed by atoms with Crippen molar-refractivity contribution in [1.29, 1.82) is 0 Å². The Morgan fingerprint density at radius 3 is 2.51 bits per heavy atom. The minimum atomic E-state index is -0.578. The first-order valence-corrected chi connectivity index (χ1v) is 13.3. The van der Waals surface area contributed by atoms with Crippen LogP contribution < -0.4 is 20.3 Å². The number of amides is 1. The van der Waals surface area contributed by atoms with Crippen LogP contribution >= 0.6 is 12.2 Å². The number of ether oxygens (including phenoxy) is 1. The maximum Gasteiger partial charge on any atom is 0.269 e. The number of furan rings is 1. The van der Waals surface area contributed by atoms with Gasteiger partial charge in [-0.1, -0.05) is 26.8 Å². The first kappa shape index (κ1) is 27.8. The summed E-state index contributed by atoms with van der Waals surface area (Å²) >= 11 is 5.82. The minimum Gasteiger partial charge on any atom is -0.494 e. The van der Waals surface area contributed by atoms with Crippen molar-refractivity contribution in [2.24, 2.45) is 5.41 Å². The van der Waals surface area contributed by atoms with E-state index < -0.39 is 16.4 Å². The molecule has 1 amide bonds. The zero-order chi connectivity index (χ0) is 29.3. The van der Waals surface area contributed by atoms with E-state index in [-0.39, 0.29) is 17.6 Å². The molecule has 0 radical (unpaired) electrons. The first-order valence-electron chi connectivity index (χ1n) is 12.9. The molecule has 1 fully saturated rings. The van der Waals surface area contributed by atoms with Crippen LogP contribution in [0.15, 0.2) is 83.4 Å². The molecule has 210 valence electrons. The number of rotatable bonds is 7. The molecule has 2 unspecified atom stereocenters. The summed E-state index contributed by atoms with van der Waals surface area (Å²) in [4.78, 5) is 29.8. The molecule has 1 aliphatic rings. The number of hydrogen-bond acceptors (Lipinski definition) is 7. The Morgan fingerprint density at radius 2 is 1.88 bits per heavy atom. The minimum absolute atomic E-state index is 0.00310. The van der Waals surface area contributed by atoms with Gasteiger partial charge in [-0.15, -0.1) is 0 Å². The molecule has 41 heavy (non-hydrogen) atoms. The predicted molar refractivity (Wildman–Crippen MR) is 160 cm³/mol. The molecule has 5 rings (SSSR count). The maximum atomic E-state index is 12.6. The summed E-state index contributed by atoms with van der Waals surface area (Å²) in [6.07, 6.45) is 1.72. The van der Waals surface area contributed by atoms with E-state index in [1.807, 2.05) is 68.1 Å². The van der Waals surface area contributed by atoms with Gasteiger partial charge in [0.2, 0.25) is 5.91 Å². The molecule has 10 nitrogen and oxygen atoms in total. The van der Waals surface area contributed by atoms with E-state index in [1.54, 1.807) is 31.5 Å². The summed E-state index contributed by atoms with van der Waals surface area (Å²) in [6, 6.07) is 20.3. The highest BCUT2D eigenvalue weighted by Crippen LogP contribution is 2.44. The lowest BCUT2D eigenvalue weighted by Gasteiger charge is -2.27. The van der Waals surface area contributed by atoms with E-state index in [0.717, 1.165) is 11.4 Å². The van der Waals surface area contributed by atoms with Crippen LogP contribution in [-0.4, -0.2) is 28.0 Å². The van der Waals surface area contributed by atoms with Gasteiger partial charge in [0.05, 0.1) is 29.5 Å². The lowest BCUT2D eigenvalue weighted by Crippen LogP contribution is -2.30. The van der Waals surface area contributed by atoms with Crippen molar-refractivity contribution in [2.75, 3.05) is 17.3 Å². The Bertz CT molecular complexity index is 1600. The van der Waals surface area contributed by atoms with Crippen LogP contribution in [0.3, 0.4) is 0 Å². The number of nitrogens with zero attached hydrogens (tertiary/aromatic N) is 3. The number of nitrogens with one attached hydrogen (secondary N) is 2. The van der Waals surface area contributed by atoms with Gasteiger partial charge in [-0.3, -0.25) is 19.9 Å². The van der Waals surface area contributed by atoms with E-state index in [0.29, 0.717) is 33.6 Å². The average molecular weight is 572 g/mol. The number of carbonyl (C=O) groups excluding carboxylic acids is 1. The number of non-ortho nitro benzene ring substituents is 1. The highest BCUT2D eigenvalue weighted by Gasteiger charge is 2.43. The molecule has 11 heteroatoms. The summed E-state index contributed by atoms with van der Waals surface area (Å²) < 4.78 is 12.0. The van der Waals surface area contributed by atoms with Crippen molar-refractivity contribution in [2.45, 2.75) is 32.9 Å². The van der Waals surface area contributed by atoms with Crippen molar-refractivity contribution in [3.05, 3.63) is 101 Å². The maximum absolute atomic E-state index is 12.6. The first-order chi connectivity index (χ1) is 19.6. The summed E-state index contributed by atoms with van der Waals surface area (Å²) in [7, 11) is 1.55. The zero-order valence-corrected chi connectivity index (χ0v) is 23.8. The average Bonchev–Trinajstić information content (AvgIpc) is 3.58. The Hall–Kier alpha value is -4.77. The van der Waals surface area contributed by atoms with E-state index in [4.69, 9.17) is 21.4 Å². The quantitative estimate of drug-likeness (QED) is 0.147. The molecule has 0 bridgehead atoms. The summed E-state index contributed by atoms with van der Waals surface area (Å²) in [5.74, 6) is 1.52. The zero-order valence-electron chi connectivity index (χ0n) is 23.0. The molecule has 2 atom stereocenters. The molecule has 0 aliphatic carbocycles. The van der Waals surface area contributed by atoms with Gasteiger partial charge in [-0.25, -0.2) is 0 Å². The third-order valence-corrected chi connectivity index (χ3v) is 7.09. The fourth-order valence-corrected chi connectivity index (χ4v) is 4.93. The number of methoxy groups -OCH3 is 1. The van der Waals surface area contributed by atoms with E-state index >= 15 is 0 Å². The molecule has 2 aromatic carbocycles. The molecule has 0 saturated carbocycles. The van der Waals surface area contributed by atoms with E-state index in [2.05, 4.69) is 15.6 Å². The fraction of sp³-hybridized carbons (Fsp3) is 0.233. The Kier molecular flexibility index (Phi) is 7.46. The Morgan fingerprint density at radius 1 is 1.12 bits per heavy atom. The van der Waals surface area contributed by atoms with Crippen molar-refractivity contribution in [3.63, 3.8) is 0 Å². The lowest BCUT2D eigenvalue weighted by atomic mass is 9.95. The van der Waals surface area contributed by atoms with Crippen LogP contribution in [0.25, 0.3) is 11.3 Å². The molecule has 3 heterocycles. The molecule has 2 N–H and O–H groups in total. The van der Waals surface area contributed by atoms with Crippen LogP contribution in [0.1, 0.15) is 44.3 Å². The molecular formula is C30H29N5O5S. The number of nitro benzene ring substituents is 1. The molecular weight excluding hydrogens is 542 g/mol. The third kappa shape index (κ3) is 5.62. The fourth-order valence-electron chi connectivity index (χ4n) is 4.58. The van der Waals surface area contributed by atoms with Gasteiger partial charge in [-0.2, -0.15) is 0 Å². The Balaban J connectivity index is 1.54. The lowest BCUT2D eigenvalue weighted by molar-refractivity contribution is -0.384. The van der Waals surface area contributed by atoms with Crippen LogP contribution in [0.4, 0.5) is 17.1 Å². The summed E-state index contributed by atoms with van der Waals surface area (Å²) in [6.45, 7) is 5.52. The number of carbonyl (C=O) groups is 1. The van der Waals surface area contributed by atoms with Gasteiger partial charge in [-0.05, 0) is 60.7 Å². The van der Waals surface area contributed by atoms with Crippen LogP contribution in [0, 0.1) is 15.5 Å². The molecule has 4 aromatic rings. The third-order valence-electron chi connectivity index (χ3n) is 6.77. The molecule has 1 saturated heterocycles. The number of aromatic nitrogens is 1. The van der Waals surface area contributed by atoms with Crippen LogP contribution in [0.5, 0.6) is 5.75 Å². The molecule has 0 spiro atoms. The molecule has 2 aromatic heterocycles. The number of nitro groups is 1. The standard InChI is InChI=1S/C30H29N5O5S/c1-30(2,3)28(36)32-21-13-12-20(17-25(21)39-4)34-27(26(33-29(34)41)22-7-5-6-16-31-22)24-15-14-23(40-24)18-8-10-19(11-9-18)35(37)38/h5-17,26-27H,1-4H3,(H,32,36)(H,33,41). The normalized spacial score (nSPS) is 16.8. The highest BCUT2D eigenvalue weighted by atomic mass is 32.1. The van der Waals surface area contributed by atoms with Crippen molar-refractivity contribution < 1.29 is 18.9 Å². The monoisotopic (exact) mass is 571 g/mol. The van der Waals surface area contributed by atoms with Gasteiger partial charge in [0.1, 0.15) is 23.3 Å². The number of thiocarbonyl (C=S) groups is 1. The van der Waals surface area contributed by atoms with E-state index in [1.165, 1.54) is 12.1 Å². The molecule has 1 aliphatic heterocycles. The summed E-state index contributed by atoms with van der Waals surface area (Å²) in [5.41, 5.74) is 2.18. The van der Waals surface area contributed by atoms with Gasteiger partial charge >= 0.3 is 0 Å². The van der Waals surface area contributed by atoms with Gasteiger partial charge in [0, 0.05) is 41.1 Å². The largest absolute Gasteiger partial charge is 0.494 e. The van der Waals surface area contributed by atoms with Gasteiger partial charge < -0.3 is 24.7 Å². The highest BCUT2D eigenvalue weighted by molar-refractivity contribution is 7.80. The Labute approximate surface area is 242 Å². The van der Waals surface area contributed by atoms with Crippen molar-refractivity contribution in [1.82, 2.24) is 10.3 Å². The number of pyridine rings is 1. The second-order valence-corrected chi connectivity index (χ2v) is 11.0. The number of anilines is 2. The van der Waals surface area contributed by atoms with Crippen LogP contribution in [0.2, 0.25) is 0 Å². The number of benzene rings is 2. The summed E-state index contributed by atoms with van der Waals surface area (Å²) in [5, 5.41) is 17.9. The van der Waals surface area contributed by atoms with Crippen molar-refractivity contribution in [3.8, 4) is 17.1 Å².